The molecule has 41 heavy (non-hydrogen) atoms. The van der Waals surface area contributed by atoms with Crippen molar-refractivity contribution >= 4 is 44.9 Å². The lowest BCUT2D eigenvalue weighted by atomic mass is 9.85. The number of alkyl halides is 3. The van der Waals surface area contributed by atoms with Crippen molar-refractivity contribution in [2.24, 2.45) is 10.4 Å². The fourth-order valence-corrected chi connectivity index (χ4v) is 6.19. The first-order valence-electron chi connectivity index (χ1n) is 12.5. The zero-order valence-electron chi connectivity index (χ0n) is 22.9. The van der Waals surface area contributed by atoms with E-state index in [2.05, 4.69) is 25.6 Å². The van der Waals surface area contributed by atoms with E-state index < -0.39 is 39.4 Å². The molecule has 4 rings (SSSR count). The molecular formula is C24H30ClF3N6O6S. The van der Waals surface area contributed by atoms with Crippen LogP contribution in [-0.4, -0.2) is 61.3 Å². The number of fused-ring (bicyclic) bond motifs is 1. The molecule has 1 aromatic heterocycles. The third-order valence-electron chi connectivity index (χ3n) is 6.58. The molecular weight excluding hydrogens is 593 g/mol. The summed E-state index contributed by atoms with van der Waals surface area (Å²) in [6.45, 7) is 7.34. The number of amides is 1. The summed E-state index contributed by atoms with van der Waals surface area (Å²) in [6.07, 6.45) is -5.21. The van der Waals surface area contributed by atoms with Crippen molar-refractivity contribution < 1.29 is 40.7 Å². The number of halogens is 4. The van der Waals surface area contributed by atoms with Gasteiger partial charge in [-0.1, -0.05) is 25.4 Å². The van der Waals surface area contributed by atoms with E-state index in [0.717, 1.165) is 4.31 Å². The van der Waals surface area contributed by atoms with Crippen LogP contribution < -0.4 is 19.8 Å². The Bertz CT molecular complexity index is 1460. The largest absolute Gasteiger partial charge is 0.486 e. The summed E-state index contributed by atoms with van der Waals surface area (Å²) in [4.78, 5) is 21.5. The van der Waals surface area contributed by atoms with E-state index in [4.69, 9.17) is 21.2 Å². The molecule has 2 aliphatic rings. The first-order valence-corrected chi connectivity index (χ1v) is 14.3. The normalized spacial score (nSPS) is 17.8. The van der Waals surface area contributed by atoms with Crippen molar-refractivity contribution in [3.8, 4) is 5.75 Å². The fraction of sp³-hybridized carbons (Fsp3) is 0.542. The lowest BCUT2D eigenvalue weighted by molar-refractivity contribution is -0.242. The van der Waals surface area contributed by atoms with Crippen LogP contribution in [0.1, 0.15) is 41.0 Å². The van der Waals surface area contributed by atoms with Gasteiger partial charge < -0.3 is 9.47 Å². The highest BCUT2D eigenvalue weighted by atomic mass is 35.5. The minimum atomic E-state index is -4.81. The van der Waals surface area contributed by atoms with Crippen LogP contribution in [0.25, 0.3) is 0 Å². The van der Waals surface area contributed by atoms with Crippen molar-refractivity contribution in [3.05, 3.63) is 29.5 Å². The van der Waals surface area contributed by atoms with E-state index in [1.54, 1.807) is 6.92 Å². The fourth-order valence-electron chi connectivity index (χ4n) is 4.24. The number of amidine groups is 1. The maximum atomic E-state index is 13.9. The number of hydroxylamine groups is 1. The van der Waals surface area contributed by atoms with Gasteiger partial charge in [0, 0.05) is 23.8 Å². The summed E-state index contributed by atoms with van der Waals surface area (Å²) in [5.41, 5.74) is -0.584. The molecule has 17 heteroatoms. The minimum absolute atomic E-state index is 0.0219. The summed E-state index contributed by atoms with van der Waals surface area (Å²) in [7, 11) is -4.32. The Morgan fingerprint density at radius 3 is 2.56 bits per heavy atom. The summed E-state index contributed by atoms with van der Waals surface area (Å²) >= 11 is 6.21. The molecule has 1 atom stereocenters. The molecule has 2 aromatic rings. The molecule has 0 aliphatic carbocycles. The van der Waals surface area contributed by atoms with Gasteiger partial charge in [-0.2, -0.15) is 18.3 Å². The number of aliphatic imine (C=N–C) groups is 1. The van der Waals surface area contributed by atoms with Crippen molar-refractivity contribution in [2.45, 2.75) is 70.4 Å². The zero-order chi connectivity index (χ0) is 30.4. The molecule has 0 spiro atoms. The monoisotopic (exact) mass is 622 g/mol. The Morgan fingerprint density at radius 1 is 1.27 bits per heavy atom. The number of aryl methyl sites for hydroxylation is 1. The number of hydrogen-bond acceptors (Lipinski definition) is 9. The second kappa shape index (κ2) is 10.9. The van der Waals surface area contributed by atoms with Gasteiger partial charge in [-0.15, -0.1) is 0 Å². The Hall–Kier alpha value is -3.24. The van der Waals surface area contributed by atoms with Crippen LogP contribution in [-0.2, 0) is 26.1 Å². The molecule has 0 radical (unpaired) electrons. The minimum Gasteiger partial charge on any atom is -0.486 e. The summed E-state index contributed by atoms with van der Waals surface area (Å²) in [5.74, 6) is 0.736. The van der Waals surface area contributed by atoms with Gasteiger partial charge in [-0.05, 0) is 45.4 Å². The topological polar surface area (TPSA) is 136 Å². The predicted molar refractivity (Wildman–Crippen MR) is 143 cm³/mol. The van der Waals surface area contributed by atoms with Gasteiger partial charge in [-0.25, -0.2) is 18.2 Å². The van der Waals surface area contributed by atoms with E-state index >= 15 is 0 Å². The molecule has 0 fully saturated rings. The van der Waals surface area contributed by atoms with Crippen LogP contribution in [0.3, 0.4) is 0 Å². The van der Waals surface area contributed by atoms with Gasteiger partial charge in [0.15, 0.2) is 11.9 Å². The standard InChI is InChI=1S/C24H30ClF3N6O6S/c1-6-33-12-18(19(25)31-33)41(36,37)34-11-15(10-22(2,3)20-29-13-38-32-20)39-17-8-7-14(9-16(17)34)30-21(35)40-23(4,5)24(26,27)28/h7-9,12,15H,6,10-11,13H2,1-5H3,(H,29,32)(H,30,35)/t15-/m0/s1. The molecule has 1 aromatic carbocycles. The lowest BCUT2D eigenvalue weighted by Gasteiger charge is -2.38. The smallest absolute Gasteiger partial charge is 0.427 e. The van der Waals surface area contributed by atoms with Crippen molar-refractivity contribution in [1.82, 2.24) is 15.3 Å². The molecule has 2 N–H and O–H groups in total. The zero-order valence-corrected chi connectivity index (χ0v) is 24.4. The Kier molecular flexibility index (Phi) is 8.14. The van der Waals surface area contributed by atoms with Gasteiger partial charge in [0.1, 0.15) is 22.6 Å². The SMILES string of the molecule is CCn1cc(S(=O)(=O)N2C[C@H](CC(C)(C)C3=NCON3)Oc3ccc(NC(=O)OC(C)(C)C(F)(F)F)cc32)c(Cl)n1. The van der Waals surface area contributed by atoms with Crippen LogP contribution in [0.15, 0.2) is 34.3 Å². The van der Waals surface area contributed by atoms with Gasteiger partial charge in [0.05, 0.1) is 12.2 Å². The van der Waals surface area contributed by atoms with Gasteiger partial charge in [-0.3, -0.25) is 24.6 Å². The molecule has 0 saturated carbocycles. The third-order valence-corrected chi connectivity index (χ3v) is 8.75. The summed E-state index contributed by atoms with van der Waals surface area (Å²) < 4.78 is 80.6. The summed E-state index contributed by atoms with van der Waals surface area (Å²) in [6, 6.07) is 4.04. The average Bonchev–Trinajstić information content (AvgIpc) is 3.53. The maximum Gasteiger partial charge on any atom is 0.427 e. The number of rotatable bonds is 8. The first kappa shape index (κ1) is 30.7. The highest BCUT2D eigenvalue weighted by Crippen LogP contribution is 2.42. The number of hydrogen-bond donors (Lipinski definition) is 2. The third kappa shape index (κ3) is 6.33. The van der Waals surface area contributed by atoms with E-state index in [1.807, 2.05) is 13.8 Å². The molecule has 0 saturated heterocycles. The number of sulfonamides is 1. The van der Waals surface area contributed by atoms with E-state index in [1.165, 1.54) is 29.1 Å². The molecule has 12 nitrogen and oxygen atoms in total. The lowest BCUT2D eigenvalue weighted by Crippen LogP contribution is -2.47. The number of carbonyl (C=O) groups excluding carboxylic acids is 1. The van der Waals surface area contributed by atoms with Gasteiger partial charge in [0.2, 0.25) is 5.60 Å². The molecule has 0 bridgehead atoms. The van der Waals surface area contributed by atoms with E-state index in [-0.39, 0.29) is 40.4 Å². The second-order valence-corrected chi connectivity index (χ2v) is 12.8. The van der Waals surface area contributed by atoms with Crippen molar-refractivity contribution in [3.63, 3.8) is 0 Å². The number of nitrogens with one attached hydrogen (secondary N) is 2. The van der Waals surface area contributed by atoms with Crippen molar-refractivity contribution in [2.75, 3.05) is 22.9 Å². The second-order valence-electron chi connectivity index (χ2n) is 10.6. The summed E-state index contributed by atoms with van der Waals surface area (Å²) in [5, 5.41) is 6.02. The Balaban J connectivity index is 1.69. The number of benzene rings is 1. The number of ether oxygens (including phenoxy) is 2. The van der Waals surface area contributed by atoms with Crippen LogP contribution in [0.4, 0.5) is 29.3 Å². The van der Waals surface area contributed by atoms with Crippen molar-refractivity contribution in [1.29, 1.82) is 0 Å². The van der Waals surface area contributed by atoms with Crippen LogP contribution in [0, 0.1) is 5.41 Å². The Labute approximate surface area is 239 Å². The van der Waals surface area contributed by atoms with E-state index in [0.29, 0.717) is 32.6 Å². The van der Waals surface area contributed by atoms with E-state index in [9.17, 15) is 26.4 Å². The van der Waals surface area contributed by atoms with Crippen LogP contribution >= 0.6 is 11.6 Å². The first-order chi connectivity index (χ1) is 18.9. The maximum absolute atomic E-state index is 13.9. The number of aromatic nitrogens is 2. The number of nitrogens with zero attached hydrogens (tertiary/aromatic N) is 4. The van der Waals surface area contributed by atoms with Gasteiger partial charge >= 0.3 is 12.3 Å². The molecule has 3 heterocycles. The van der Waals surface area contributed by atoms with Crippen LogP contribution in [0.2, 0.25) is 5.15 Å². The molecule has 0 unspecified atom stereocenters. The number of anilines is 2. The highest BCUT2D eigenvalue weighted by Gasteiger charge is 2.51. The quantitative estimate of drug-likeness (QED) is 0.432. The van der Waals surface area contributed by atoms with Gasteiger partial charge in [0.25, 0.3) is 10.0 Å². The molecule has 226 valence electrons. The number of carbonyl (C=O) groups is 1. The predicted octanol–water partition coefficient (Wildman–Crippen LogP) is 4.71. The molecule has 1 amide bonds. The Morgan fingerprint density at radius 2 is 1.98 bits per heavy atom. The van der Waals surface area contributed by atoms with Crippen LogP contribution in [0.5, 0.6) is 5.75 Å². The average molecular weight is 623 g/mol. The highest BCUT2D eigenvalue weighted by molar-refractivity contribution is 7.93. The molecule has 2 aliphatic heterocycles.